The standard InChI is InChI=1S/C14H15N5O5/c1-14(2)23-9-6(4-20)22-13(10(9)24-14)19-5-16-8-11(19)17-7(3-15)18-12(8)21/h5-6,9-10,13,20H,4H2,1-2H3,(H,17,18,21). The van der Waals surface area contributed by atoms with Crippen molar-refractivity contribution < 1.29 is 19.3 Å². The molecule has 24 heavy (non-hydrogen) atoms. The Balaban J connectivity index is 1.82. The summed E-state index contributed by atoms with van der Waals surface area (Å²) < 4.78 is 19.1. The lowest BCUT2D eigenvalue weighted by Gasteiger charge is -2.24. The van der Waals surface area contributed by atoms with E-state index >= 15 is 0 Å². The van der Waals surface area contributed by atoms with E-state index in [4.69, 9.17) is 19.5 Å². The predicted octanol–water partition coefficient (Wildman–Crippen LogP) is -0.599. The first-order valence-electron chi connectivity index (χ1n) is 7.42. The number of imidazole rings is 1. The third kappa shape index (κ3) is 2.14. The van der Waals surface area contributed by atoms with Gasteiger partial charge in [-0.25, -0.2) is 9.97 Å². The maximum Gasteiger partial charge on any atom is 0.279 e. The van der Waals surface area contributed by atoms with Gasteiger partial charge in [-0.2, -0.15) is 5.26 Å². The van der Waals surface area contributed by atoms with E-state index in [1.54, 1.807) is 19.9 Å². The summed E-state index contributed by atoms with van der Waals surface area (Å²) in [6, 6.07) is 1.80. The molecule has 0 bridgehead atoms. The number of hydrogen-bond donors (Lipinski definition) is 2. The van der Waals surface area contributed by atoms with Gasteiger partial charge in [0.05, 0.1) is 12.9 Å². The third-order valence-corrected chi connectivity index (χ3v) is 4.12. The molecular weight excluding hydrogens is 318 g/mol. The number of aliphatic hydroxyl groups excluding tert-OH is 1. The lowest BCUT2D eigenvalue weighted by molar-refractivity contribution is -0.199. The molecule has 4 unspecified atom stereocenters. The Labute approximate surface area is 135 Å². The van der Waals surface area contributed by atoms with Crippen LogP contribution in [0.4, 0.5) is 0 Å². The number of nitrogens with one attached hydrogen (secondary N) is 1. The van der Waals surface area contributed by atoms with Crippen LogP contribution in [0.5, 0.6) is 0 Å². The van der Waals surface area contributed by atoms with E-state index in [9.17, 15) is 9.90 Å². The van der Waals surface area contributed by atoms with E-state index in [-0.39, 0.29) is 23.6 Å². The van der Waals surface area contributed by atoms with E-state index in [2.05, 4.69) is 15.0 Å². The normalized spacial score (nSPS) is 31.2. The van der Waals surface area contributed by atoms with Crippen molar-refractivity contribution in [3.63, 3.8) is 0 Å². The van der Waals surface area contributed by atoms with Gasteiger partial charge >= 0.3 is 0 Å². The van der Waals surface area contributed by atoms with Crippen molar-refractivity contribution >= 4 is 11.2 Å². The number of ether oxygens (including phenoxy) is 3. The highest BCUT2D eigenvalue weighted by Gasteiger charge is 2.55. The summed E-state index contributed by atoms with van der Waals surface area (Å²) in [5.41, 5.74) is -0.196. The van der Waals surface area contributed by atoms with Gasteiger partial charge in [0.25, 0.3) is 5.56 Å². The second kappa shape index (κ2) is 5.09. The first kappa shape index (κ1) is 15.2. The fraction of sp³-hybridized carbons (Fsp3) is 0.571. The number of H-pyrrole nitrogens is 1. The molecule has 0 radical (unpaired) electrons. The summed E-state index contributed by atoms with van der Waals surface area (Å²) in [4.78, 5) is 22.5. The van der Waals surface area contributed by atoms with Crippen molar-refractivity contribution in [3.8, 4) is 6.07 Å². The highest BCUT2D eigenvalue weighted by atomic mass is 16.8. The van der Waals surface area contributed by atoms with Crippen molar-refractivity contribution in [2.75, 3.05) is 6.61 Å². The monoisotopic (exact) mass is 333 g/mol. The van der Waals surface area contributed by atoms with Crippen LogP contribution in [0.15, 0.2) is 11.1 Å². The zero-order chi connectivity index (χ0) is 17.1. The maximum atomic E-state index is 12.0. The van der Waals surface area contributed by atoms with Crippen LogP contribution in [0, 0.1) is 11.3 Å². The molecule has 2 aliphatic heterocycles. The molecule has 0 aliphatic carbocycles. The molecule has 2 saturated heterocycles. The number of nitrogens with zero attached hydrogens (tertiary/aromatic N) is 4. The Morgan fingerprint density at radius 3 is 2.92 bits per heavy atom. The van der Waals surface area contributed by atoms with Crippen LogP contribution in [0.2, 0.25) is 0 Å². The van der Waals surface area contributed by atoms with Gasteiger partial charge in [-0.15, -0.1) is 0 Å². The Morgan fingerprint density at radius 2 is 2.21 bits per heavy atom. The zero-order valence-electron chi connectivity index (χ0n) is 13.0. The number of nitriles is 1. The van der Waals surface area contributed by atoms with Gasteiger partial charge < -0.3 is 19.3 Å². The number of aromatic nitrogens is 4. The van der Waals surface area contributed by atoms with Crippen LogP contribution in [-0.2, 0) is 14.2 Å². The molecule has 2 aromatic heterocycles. The minimum Gasteiger partial charge on any atom is -0.394 e. The number of aliphatic hydroxyl groups is 1. The molecule has 4 rings (SSSR count). The molecule has 126 valence electrons. The second-order valence-electron chi connectivity index (χ2n) is 6.16. The van der Waals surface area contributed by atoms with Crippen molar-refractivity contribution in [3.05, 3.63) is 22.5 Å². The molecule has 0 spiro atoms. The number of aromatic amines is 1. The SMILES string of the molecule is CC1(C)OC2C(CO)OC(n3cnc4c(=O)[nH]c(C#N)nc43)C2O1. The molecule has 10 nitrogen and oxygen atoms in total. The van der Waals surface area contributed by atoms with E-state index in [0.29, 0.717) is 0 Å². The quantitative estimate of drug-likeness (QED) is 0.744. The summed E-state index contributed by atoms with van der Waals surface area (Å²) in [5.74, 6) is -0.935. The van der Waals surface area contributed by atoms with Crippen LogP contribution in [0.3, 0.4) is 0 Å². The summed E-state index contributed by atoms with van der Waals surface area (Å²) in [7, 11) is 0. The van der Waals surface area contributed by atoms with Crippen LogP contribution in [-0.4, -0.2) is 55.3 Å². The molecule has 0 saturated carbocycles. The molecular formula is C14H15N5O5. The lowest BCUT2D eigenvalue weighted by Crippen LogP contribution is -2.31. The summed E-state index contributed by atoms with van der Waals surface area (Å²) in [5, 5.41) is 18.5. The van der Waals surface area contributed by atoms with Gasteiger partial charge in [-0.3, -0.25) is 14.3 Å². The van der Waals surface area contributed by atoms with Crippen LogP contribution >= 0.6 is 0 Å². The molecule has 10 heteroatoms. The van der Waals surface area contributed by atoms with Crippen LogP contribution < -0.4 is 5.56 Å². The first-order chi connectivity index (χ1) is 11.4. The van der Waals surface area contributed by atoms with Crippen molar-refractivity contribution in [1.82, 2.24) is 19.5 Å². The molecule has 2 N–H and O–H groups in total. The Bertz CT molecular complexity index is 897. The molecule has 2 aromatic rings. The van der Waals surface area contributed by atoms with Gasteiger partial charge in [0.15, 0.2) is 23.2 Å². The maximum absolute atomic E-state index is 12.0. The summed E-state index contributed by atoms with van der Waals surface area (Å²) in [6.07, 6.45) is -0.799. The van der Waals surface area contributed by atoms with Crippen LogP contribution in [0.25, 0.3) is 11.2 Å². The first-order valence-corrected chi connectivity index (χ1v) is 7.42. The molecule has 0 amide bonds. The van der Waals surface area contributed by atoms with Gasteiger partial charge in [0.1, 0.15) is 24.4 Å². The van der Waals surface area contributed by atoms with E-state index in [1.165, 1.54) is 10.9 Å². The minimum atomic E-state index is -0.816. The molecule has 4 atom stereocenters. The van der Waals surface area contributed by atoms with Crippen molar-refractivity contribution in [2.24, 2.45) is 0 Å². The number of fused-ring (bicyclic) bond motifs is 2. The van der Waals surface area contributed by atoms with E-state index < -0.39 is 35.9 Å². The number of hydrogen-bond acceptors (Lipinski definition) is 8. The Hall–Kier alpha value is -2.32. The molecule has 0 aromatic carbocycles. The van der Waals surface area contributed by atoms with Gasteiger partial charge in [0, 0.05) is 0 Å². The van der Waals surface area contributed by atoms with E-state index in [0.717, 1.165) is 0 Å². The smallest absolute Gasteiger partial charge is 0.279 e. The Morgan fingerprint density at radius 1 is 1.46 bits per heavy atom. The molecule has 2 aliphatic rings. The summed E-state index contributed by atoms with van der Waals surface area (Å²) >= 11 is 0. The fourth-order valence-electron chi connectivity index (χ4n) is 3.20. The largest absolute Gasteiger partial charge is 0.394 e. The number of rotatable bonds is 2. The summed E-state index contributed by atoms with van der Waals surface area (Å²) in [6.45, 7) is 3.32. The Kier molecular flexibility index (Phi) is 3.23. The topological polar surface area (TPSA) is 135 Å². The zero-order valence-corrected chi connectivity index (χ0v) is 13.0. The van der Waals surface area contributed by atoms with Crippen molar-refractivity contribution in [2.45, 2.75) is 44.2 Å². The fourth-order valence-corrected chi connectivity index (χ4v) is 3.20. The predicted molar refractivity (Wildman–Crippen MR) is 77.7 cm³/mol. The lowest BCUT2D eigenvalue weighted by atomic mass is 10.1. The molecule has 2 fully saturated rings. The second-order valence-corrected chi connectivity index (χ2v) is 6.16. The molecule has 4 heterocycles. The van der Waals surface area contributed by atoms with Crippen LogP contribution in [0.1, 0.15) is 25.9 Å². The third-order valence-electron chi connectivity index (χ3n) is 4.12. The average Bonchev–Trinajstić information content (AvgIpc) is 3.17. The van der Waals surface area contributed by atoms with Crippen molar-refractivity contribution in [1.29, 1.82) is 5.26 Å². The average molecular weight is 333 g/mol. The highest BCUT2D eigenvalue weighted by molar-refractivity contribution is 5.69. The van der Waals surface area contributed by atoms with Gasteiger partial charge in [-0.05, 0) is 13.8 Å². The van der Waals surface area contributed by atoms with E-state index in [1.807, 2.05) is 0 Å². The van der Waals surface area contributed by atoms with Gasteiger partial charge in [0.2, 0.25) is 5.82 Å². The van der Waals surface area contributed by atoms with Gasteiger partial charge in [-0.1, -0.05) is 0 Å². The highest BCUT2D eigenvalue weighted by Crippen LogP contribution is 2.43. The minimum absolute atomic E-state index is 0.0970.